The molecular formula is C26H51N2+. The van der Waals surface area contributed by atoms with Crippen LogP contribution in [0.25, 0.3) is 0 Å². The number of rotatable bonds is 20. The number of imidazole rings is 1. The van der Waals surface area contributed by atoms with Gasteiger partial charge in [0.1, 0.15) is 12.4 Å². The summed E-state index contributed by atoms with van der Waals surface area (Å²) >= 11 is 0. The SMILES string of the molecule is CCCCCCCCC[n+]1ccn(CCCCCC)c1CCCCCCCC. The summed E-state index contributed by atoms with van der Waals surface area (Å²) in [5.74, 6) is 1.60. The second-order valence-electron chi connectivity index (χ2n) is 8.80. The summed E-state index contributed by atoms with van der Waals surface area (Å²) in [7, 11) is 0. The molecule has 0 aliphatic heterocycles. The van der Waals surface area contributed by atoms with Crippen molar-refractivity contribution >= 4 is 0 Å². The minimum absolute atomic E-state index is 1.22. The Morgan fingerprint density at radius 2 is 1.11 bits per heavy atom. The van der Waals surface area contributed by atoms with Gasteiger partial charge < -0.3 is 0 Å². The van der Waals surface area contributed by atoms with Gasteiger partial charge in [-0.05, 0) is 32.1 Å². The molecule has 0 aliphatic rings. The van der Waals surface area contributed by atoms with E-state index < -0.39 is 0 Å². The summed E-state index contributed by atoms with van der Waals surface area (Å²) in [6.07, 6.45) is 29.6. The van der Waals surface area contributed by atoms with Gasteiger partial charge in [-0.15, -0.1) is 0 Å². The molecule has 0 saturated carbocycles. The predicted octanol–water partition coefficient (Wildman–Crippen LogP) is 8.01. The Bertz CT molecular complexity index is 449. The predicted molar refractivity (Wildman–Crippen MR) is 124 cm³/mol. The smallest absolute Gasteiger partial charge is 0.234 e. The van der Waals surface area contributed by atoms with E-state index in [4.69, 9.17) is 0 Å². The second kappa shape index (κ2) is 18.3. The van der Waals surface area contributed by atoms with E-state index in [-0.39, 0.29) is 0 Å². The zero-order valence-electron chi connectivity index (χ0n) is 19.7. The van der Waals surface area contributed by atoms with Gasteiger partial charge in [0, 0.05) is 6.42 Å². The molecule has 0 saturated heterocycles. The molecular weight excluding hydrogens is 340 g/mol. The van der Waals surface area contributed by atoms with Gasteiger partial charge in [-0.1, -0.05) is 97.8 Å². The highest BCUT2D eigenvalue weighted by Gasteiger charge is 2.16. The molecule has 0 atom stereocenters. The maximum absolute atomic E-state index is 2.58. The van der Waals surface area contributed by atoms with Crippen molar-refractivity contribution in [3.05, 3.63) is 18.2 Å². The van der Waals surface area contributed by atoms with Crippen LogP contribution in [-0.4, -0.2) is 4.57 Å². The van der Waals surface area contributed by atoms with Gasteiger partial charge in [0.2, 0.25) is 0 Å². The van der Waals surface area contributed by atoms with Crippen molar-refractivity contribution in [2.45, 2.75) is 149 Å². The van der Waals surface area contributed by atoms with Gasteiger partial charge in [0.05, 0.1) is 13.1 Å². The molecule has 0 unspecified atom stereocenters. The zero-order chi connectivity index (χ0) is 20.3. The topological polar surface area (TPSA) is 8.81 Å². The first-order chi connectivity index (χ1) is 13.8. The number of hydrogen-bond donors (Lipinski definition) is 0. The molecule has 1 aromatic heterocycles. The Balaban J connectivity index is 2.42. The Morgan fingerprint density at radius 1 is 0.607 bits per heavy atom. The van der Waals surface area contributed by atoms with Crippen LogP contribution in [0, 0.1) is 0 Å². The van der Waals surface area contributed by atoms with E-state index in [1.54, 1.807) is 5.82 Å². The van der Waals surface area contributed by atoms with E-state index in [1.165, 1.54) is 129 Å². The third kappa shape index (κ3) is 11.9. The molecule has 0 amide bonds. The molecule has 0 aromatic carbocycles. The van der Waals surface area contributed by atoms with Gasteiger partial charge in [-0.2, -0.15) is 0 Å². The molecule has 0 fully saturated rings. The van der Waals surface area contributed by atoms with Crippen LogP contribution in [0.4, 0.5) is 0 Å². The number of aryl methyl sites for hydroxylation is 2. The average Bonchev–Trinajstić information content (AvgIpc) is 3.09. The first kappa shape index (κ1) is 25.2. The summed E-state index contributed by atoms with van der Waals surface area (Å²) < 4.78 is 5.15. The van der Waals surface area contributed by atoms with Gasteiger partial charge in [0.25, 0.3) is 5.82 Å². The fourth-order valence-electron chi connectivity index (χ4n) is 4.20. The van der Waals surface area contributed by atoms with Crippen LogP contribution in [0.1, 0.15) is 136 Å². The number of nitrogens with zero attached hydrogens (tertiary/aromatic N) is 2. The summed E-state index contributed by atoms with van der Waals surface area (Å²) in [5, 5.41) is 0. The third-order valence-electron chi connectivity index (χ3n) is 6.10. The molecule has 28 heavy (non-hydrogen) atoms. The highest BCUT2D eigenvalue weighted by molar-refractivity contribution is 4.84. The Morgan fingerprint density at radius 3 is 1.71 bits per heavy atom. The van der Waals surface area contributed by atoms with Crippen molar-refractivity contribution in [2.24, 2.45) is 0 Å². The second-order valence-corrected chi connectivity index (χ2v) is 8.80. The maximum Gasteiger partial charge on any atom is 0.256 e. The van der Waals surface area contributed by atoms with Crippen molar-refractivity contribution in [3.8, 4) is 0 Å². The zero-order valence-corrected chi connectivity index (χ0v) is 19.7. The van der Waals surface area contributed by atoms with E-state index in [0.29, 0.717) is 0 Å². The lowest BCUT2D eigenvalue weighted by Gasteiger charge is -2.06. The van der Waals surface area contributed by atoms with Crippen LogP contribution < -0.4 is 4.57 Å². The molecule has 2 heteroatoms. The minimum Gasteiger partial charge on any atom is -0.234 e. The highest BCUT2D eigenvalue weighted by Crippen LogP contribution is 2.11. The number of hydrogen-bond acceptors (Lipinski definition) is 0. The quantitative estimate of drug-likeness (QED) is 0.157. The van der Waals surface area contributed by atoms with Crippen molar-refractivity contribution in [2.75, 3.05) is 0 Å². The third-order valence-corrected chi connectivity index (χ3v) is 6.10. The first-order valence-electron chi connectivity index (χ1n) is 12.9. The molecule has 0 spiro atoms. The summed E-state index contributed by atoms with van der Waals surface area (Å²) in [4.78, 5) is 0. The van der Waals surface area contributed by atoms with E-state index in [0.717, 1.165) is 0 Å². The molecule has 1 rings (SSSR count). The minimum atomic E-state index is 1.22. The normalized spacial score (nSPS) is 11.4. The lowest BCUT2D eigenvalue weighted by atomic mass is 10.1. The van der Waals surface area contributed by atoms with Gasteiger partial charge >= 0.3 is 0 Å². The molecule has 2 nitrogen and oxygen atoms in total. The van der Waals surface area contributed by atoms with Crippen molar-refractivity contribution in [1.29, 1.82) is 0 Å². The Labute approximate surface area is 177 Å². The molecule has 0 radical (unpaired) electrons. The molecule has 0 aliphatic carbocycles. The molecule has 0 bridgehead atoms. The van der Waals surface area contributed by atoms with Crippen molar-refractivity contribution in [1.82, 2.24) is 4.57 Å². The highest BCUT2D eigenvalue weighted by atomic mass is 15.1. The van der Waals surface area contributed by atoms with Crippen LogP contribution in [0.15, 0.2) is 12.4 Å². The number of aromatic nitrogens is 2. The lowest BCUT2D eigenvalue weighted by molar-refractivity contribution is -0.704. The van der Waals surface area contributed by atoms with Gasteiger partial charge in [-0.25, -0.2) is 9.13 Å². The summed E-state index contributed by atoms with van der Waals surface area (Å²) in [5.41, 5.74) is 0. The first-order valence-corrected chi connectivity index (χ1v) is 12.9. The van der Waals surface area contributed by atoms with Crippen molar-refractivity contribution in [3.63, 3.8) is 0 Å². The van der Waals surface area contributed by atoms with Crippen LogP contribution in [0.2, 0.25) is 0 Å². The van der Waals surface area contributed by atoms with E-state index in [1.807, 2.05) is 0 Å². The Hall–Kier alpha value is -0.790. The lowest BCUT2D eigenvalue weighted by Crippen LogP contribution is -2.37. The van der Waals surface area contributed by atoms with Crippen LogP contribution in [-0.2, 0) is 19.5 Å². The standard InChI is InChI=1S/C26H51N2/c1-4-7-10-13-15-17-20-23-28-25-24-27(22-19-12-9-6-3)26(28)21-18-16-14-11-8-5-2/h24-25H,4-23H2,1-3H3/q+1. The Kier molecular flexibility index (Phi) is 16.5. The van der Waals surface area contributed by atoms with Gasteiger partial charge in [-0.3, -0.25) is 0 Å². The largest absolute Gasteiger partial charge is 0.256 e. The van der Waals surface area contributed by atoms with Crippen LogP contribution >= 0.6 is 0 Å². The fraction of sp³-hybridized carbons (Fsp3) is 0.885. The summed E-state index contributed by atoms with van der Waals surface area (Å²) in [6.45, 7) is 9.35. The van der Waals surface area contributed by atoms with E-state index >= 15 is 0 Å². The molecule has 1 heterocycles. The average molecular weight is 392 g/mol. The van der Waals surface area contributed by atoms with E-state index in [2.05, 4.69) is 42.3 Å². The maximum atomic E-state index is 2.58. The number of unbranched alkanes of at least 4 members (excludes halogenated alkanes) is 14. The van der Waals surface area contributed by atoms with Crippen LogP contribution in [0.3, 0.4) is 0 Å². The van der Waals surface area contributed by atoms with E-state index in [9.17, 15) is 0 Å². The van der Waals surface area contributed by atoms with Crippen LogP contribution in [0.5, 0.6) is 0 Å². The molecule has 0 N–H and O–H groups in total. The fourth-order valence-corrected chi connectivity index (χ4v) is 4.20. The summed E-state index contributed by atoms with van der Waals surface area (Å²) in [6, 6.07) is 0. The van der Waals surface area contributed by atoms with Gasteiger partial charge in [0.15, 0.2) is 0 Å². The van der Waals surface area contributed by atoms with Crippen molar-refractivity contribution < 1.29 is 4.57 Å². The monoisotopic (exact) mass is 391 g/mol. The molecule has 164 valence electrons. The molecule has 1 aromatic rings.